The second-order valence-electron chi connectivity index (χ2n) is 2.83. The van der Waals surface area contributed by atoms with Gasteiger partial charge in [0, 0.05) is 12.6 Å². The zero-order valence-corrected chi connectivity index (χ0v) is 8.66. The zero-order chi connectivity index (χ0) is 11.5. The van der Waals surface area contributed by atoms with Gasteiger partial charge < -0.3 is 16.8 Å². The molecular formula is C6H12N6O2S. The SMILES string of the molecule is Nc1cc(NCCS(N)(=O)=O)nc(N)n1. The summed E-state index contributed by atoms with van der Waals surface area (Å²) >= 11 is 0. The Morgan fingerprint density at radius 3 is 2.53 bits per heavy atom. The third kappa shape index (κ3) is 4.42. The first-order valence-corrected chi connectivity index (χ1v) is 5.73. The lowest BCUT2D eigenvalue weighted by molar-refractivity contribution is 0.598. The van der Waals surface area contributed by atoms with Crippen molar-refractivity contribution in [1.29, 1.82) is 0 Å². The Kier molecular flexibility index (Phi) is 3.27. The number of rotatable bonds is 4. The molecule has 7 N–H and O–H groups in total. The first-order valence-electron chi connectivity index (χ1n) is 4.01. The molecule has 9 heteroatoms. The summed E-state index contributed by atoms with van der Waals surface area (Å²) < 4.78 is 21.2. The van der Waals surface area contributed by atoms with Crippen molar-refractivity contribution in [1.82, 2.24) is 9.97 Å². The molecule has 0 aliphatic rings. The third-order valence-corrected chi connectivity index (χ3v) is 2.23. The molecule has 15 heavy (non-hydrogen) atoms. The summed E-state index contributed by atoms with van der Waals surface area (Å²) in [6.45, 7) is 0.134. The molecule has 0 atom stereocenters. The normalized spacial score (nSPS) is 11.3. The predicted octanol–water partition coefficient (Wildman–Crippen LogP) is -1.66. The molecule has 0 unspecified atom stereocenters. The summed E-state index contributed by atoms with van der Waals surface area (Å²) in [6.07, 6.45) is 0. The van der Waals surface area contributed by atoms with Crippen LogP contribution in [0.15, 0.2) is 6.07 Å². The maximum Gasteiger partial charge on any atom is 0.223 e. The minimum absolute atomic E-state index is 0.0214. The van der Waals surface area contributed by atoms with Gasteiger partial charge in [0.05, 0.1) is 5.75 Å². The first-order chi connectivity index (χ1) is 6.87. The van der Waals surface area contributed by atoms with E-state index in [1.54, 1.807) is 0 Å². The average molecular weight is 232 g/mol. The summed E-state index contributed by atoms with van der Waals surface area (Å²) in [5.41, 5.74) is 10.7. The van der Waals surface area contributed by atoms with E-state index in [4.69, 9.17) is 16.6 Å². The summed E-state index contributed by atoms with van der Waals surface area (Å²) in [5, 5.41) is 7.52. The number of anilines is 3. The van der Waals surface area contributed by atoms with Crippen molar-refractivity contribution in [3.63, 3.8) is 0 Å². The van der Waals surface area contributed by atoms with Crippen molar-refractivity contribution in [2.45, 2.75) is 0 Å². The molecule has 0 aliphatic heterocycles. The second kappa shape index (κ2) is 4.28. The van der Waals surface area contributed by atoms with Gasteiger partial charge in [-0.15, -0.1) is 0 Å². The molecule has 84 valence electrons. The number of sulfonamides is 1. The highest BCUT2D eigenvalue weighted by Crippen LogP contribution is 2.08. The summed E-state index contributed by atoms with van der Waals surface area (Å²) in [6, 6.07) is 1.44. The number of nitrogens with two attached hydrogens (primary N) is 3. The lowest BCUT2D eigenvalue weighted by atomic mass is 10.5. The van der Waals surface area contributed by atoms with E-state index in [1.807, 2.05) is 0 Å². The highest BCUT2D eigenvalue weighted by Gasteiger charge is 2.03. The van der Waals surface area contributed by atoms with Crippen LogP contribution in [0.1, 0.15) is 0 Å². The number of aromatic nitrogens is 2. The monoisotopic (exact) mass is 232 g/mol. The number of primary sulfonamides is 1. The van der Waals surface area contributed by atoms with Gasteiger partial charge in [0.2, 0.25) is 16.0 Å². The van der Waals surface area contributed by atoms with Crippen molar-refractivity contribution < 1.29 is 8.42 Å². The third-order valence-electron chi connectivity index (χ3n) is 1.46. The molecule has 1 aromatic rings. The second-order valence-corrected chi connectivity index (χ2v) is 4.56. The van der Waals surface area contributed by atoms with Crippen molar-refractivity contribution in [3.05, 3.63) is 6.07 Å². The van der Waals surface area contributed by atoms with Crippen LogP contribution in [0.2, 0.25) is 0 Å². The quantitative estimate of drug-likeness (QED) is 0.485. The maximum atomic E-state index is 10.6. The lowest BCUT2D eigenvalue weighted by Crippen LogP contribution is -2.22. The molecule has 0 bridgehead atoms. The van der Waals surface area contributed by atoms with Crippen LogP contribution in [0.5, 0.6) is 0 Å². The van der Waals surface area contributed by atoms with E-state index >= 15 is 0 Å². The zero-order valence-electron chi connectivity index (χ0n) is 7.84. The Morgan fingerprint density at radius 2 is 2.00 bits per heavy atom. The Balaban J connectivity index is 2.58. The van der Waals surface area contributed by atoms with E-state index in [1.165, 1.54) is 6.07 Å². The van der Waals surface area contributed by atoms with Gasteiger partial charge in [0.15, 0.2) is 0 Å². The molecule has 0 fully saturated rings. The van der Waals surface area contributed by atoms with Gasteiger partial charge in [-0.25, -0.2) is 13.6 Å². The molecule has 0 saturated heterocycles. The molecule has 0 spiro atoms. The fraction of sp³-hybridized carbons (Fsp3) is 0.333. The highest BCUT2D eigenvalue weighted by atomic mass is 32.2. The van der Waals surface area contributed by atoms with Gasteiger partial charge in [0.1, 0.15) is 11.6 Å². The van der Waals surface area contributed by atoms with Gasteiger partial charge in [-0.2, -0.15) is 9.97 Å². The standard InChI is InChI=1S/C6H12N6O2S/c7-4-3-5(12-6(8)11-4)10-1-2-15(9,13)14/h3H,1-2H2,(H2,9,13,14)(H5,7,8,10,11,12). The van der Waals surface area contributed by atoms with Crippen molar-refractivity contribution >= 4 is 27.6 Å². The Labute approximate surface area is 86.9 Å². The molecule has 1 heterocycles. The molecule has 0 aliphatic carbocycles. The minimum atomic E-state index is -3.48. The van der Waals surface area contributed by atoms with Gasteiger partial charge in [-0.3, -0.25) is 0 Å². The highest BCUT2D eigenvalue weighted by molar-refractivity contribution is 7.89. The Hall–Kier alpha value is -1.61. The summed E-state index contributed by atoms with van der Waals surface area (Å²) in [4.78, 5) is 7.45. The fourth-order valence-electron chi connectivity index (χ4n) is 0.897. The number of hydrogen-bond acceptors (Lipinski definition) is 7. The predicted molar refractivity (Wildman–Crippen MR) is 57.3 cm³/mol. The summed E-state index contributed by atoms with van der Waals surface area (Å²) in [7, 11) is -3.48. The maximum absolute atomic E-state index is 10.6. The Morgan fingerprint density at radius 1 is 1.33 bits per heavy atom. The van der Waals surface area contributed by atoms with Crippen LogP contribution in [0.25, 0.3) is 0 Å². The Bertz CT molecular complexity index is 425. The topological polar surface area (TPSA) is 150 Å². The molecule has 0 radical (unpaired) electrons. The van der Waals surface area contributed by atoms with Crippen molar-refractivity contribution in [2.75, 3.05) is 29.1 Å². The number of hydrogen-bond donors (Lipinski definition) is 4. The van der Waals surface area contributed by atoms with Gasteiger partial charge in [-0.1, -0.05) is 0 Å². The minimum Gasteiger partial charge on any atom is -0.383 e. The number of nitrogen functional groups attached to an aromatic ring is 2. The summed E-state index contributed by atoms with van der Waals surface area (Å²) in [5.74, 6) is 0.397. The van der Waals surface area contributed by atoms with Crippen molar-refractivity contribution in [3.8, 4) is 0 Å². The van der Waals surface area contributed by atoms with E-state index in [-0.39, 0.29) is 24.1 Å². The van der Waals surface area contributed by atoms with E-state index < -0.39 is 10.0 Å². The smallest absolute Gasteiger partial charge is 0.223 e. The van der Waals surface area contributed by atoms with Gasteiger partial charge >= 0.3 is 0 Å². The van der Waals surface area contributed by atoms with Crippen LogP contribution >= 0.6 is 0 Å². The molecule has 1 rings (SSSR count). The molecule has 0 amide bonds. The van der Waals surface area contributed by atoms with Gasteiger partial charge in [0.25, 0.3) is 0 Å². The molecular weight excluding hydrogens is 220 g/mol. The first kappa shape index (κ1) is 11.5. The van der Waals surface area contributed by atoms with Crippen molar-refractivity contribution in [2.24, 2.45) is 5.14 Å². The largest absolute Gasteiger partial charge is 0.383 e. The number of nitrogens with zero attached hydrogens (tertiary/aromatic N) is 2. The van der Waals surface area contributed by atoms with Crippen LogP contribution in [0.3, 0.4) is 0 Å². The molecule has 0 saturated carbocycles. The fourth-order valence-corrected chi connectivity index (χ4v) is 1.28. The van der Waals surface area contributed by atoms with Crippen LogP contribution < -0.4 is 21.9 Å². The number of nitrogens with one attached hydrogen (secondary N) is 1. The van der Waals surface area contributed by atoms with E-state index in [2.05, 4.69) is 15.3 Å². The van der Waals surface area contributed by atoms with Crippen LogP contribution in [0, 0.1) is 0 Å². The molecule has 0 aromatic carbocycles. The molecule has 1 aromatic heterocycles. The van der Waals surface area contributed by atoms with Crippen LogP contribution in [-0.4, -0.2) is 30.7 Å². The van der Waals surface area contributed by atoms with E-state index in [9.17, 15) is 8.42 Å². The molecule has 8 nitrogen and oxygen atoms in total. The van der Waals surface area contributed by atoms with Crippen LogP contribution in [-0.2, 0) is 10.0 Å². The average Bonchev–Trinajstić information content (AvgIpc) is 1.99. The van der Waals surface area contributed by atoms with E-state index in [0.717, 1.165) is 0 Å². The van der Waals surface area contributed by atoms with Crippen LogP contribution in [0.4, 0.5) is 17.6 Å². The lowest BCUT2D eigenvalue weighted by Gasteiger charge is -2.05. The van der Waals surface area contributed by atoms with E-state index in [0.29, 0.717) is 5.82 Å². The van der Waals surface area contributed by atoms with Gasteiger partial charge in [-0.05, 0) is 0 Å².